The van der Waals surface area contributed by atoms with Crippen molar-refractivity contribution in [3.05, 3.63) is 0 Å². The lowest BCUT2D eigenvalue weighted by Crippen LogP contribution is -2.45. The molecule has 1 saturated heterocycles. The van der Waals surface area contributed by atoms with Crippen LogP contribution in [0.3, 0.4) is 0 Å². The first-order valence-corrected chi connectivity index (χ1v) is 9.82. The standard InChI is InChI=1S/C19H40N2/c1-3-5-6-7-8-9-10-11-12-13-16-21-17-14-15-19(18-21)20-4-2/h19-20H,3-18H2,1-2H3. The van der Waals surface area contributed by atoms with E-state index in [1.54, 1.807) is 0 Å². The average Bonchev–Trinajstić information content (AvgIpc) is 2.50. The molecule has 1 aliphatic heterocycles. The van der Waals surface area contributed by atoms with E-state index >= 15 is 0 Å². The molecule has 0 amide bonds. The molecule has 0 aromatic rings. The summed E-state index contributed by atoms with van der Waals surface area (Å²) in [6.45, 7) is 9.59. The van der Waals surface area contributed by atoms with E-state index in [9.17, 15) is 0 Å². The molecule has 1 aliphatic rings. The fourth-order valence-corrected chi connectivity index (χ4v) is 3.54. The number of nitrogens with one attached hydrogen (secondary N) is 1. The summed E-state index contributed by atoms with van der Waals surface area (Å²) >= 11 is 0. The van der Waals surface area contributed by atoms with Gasteiger partial charge in [-0.2, -0.15) is 0 Å². The van der Waals surface area contributed by atoms with E-state index in [-0.39, 0.29) is 0 Å². The van der Waals surface area contributed by atoms with Crippen molar-refractivity contribution >= 4 is 0 Å². The summed E-state index contributed by atoms with van der Waals surface area (Å²) in [5.74, 6) is 0. The van der Waals surface area contributed by atoms with Crippen LogP contribution in [0.15, 0.2) is 0 Å². The summed E-state index contributed by atoms with van der Waals surface area (Å²) in [5, 5.41) is 3.61. The van der Waals surface area contributed by atoms with Crippen LogP contribution in [0, 0.1) is 0 Å². The molecule has 0 aromatic heterocycles. The summed E-state index contributed by atoms with van der Waals surface area (Å²) in [4.78, 5) is 2.68. The Morgan fingerprint density at radius 2 is 1.48 bits per heavy atom. The van der Waals surface area contributed by atoms with E-state index in [0.717, 1.165) is 12.6 Å². The SMILES string of the molecule is CCCCCCCCCCCCN1CCCC(NCC)C1. The first-order valence-electron chi connectivity index (χ1n) is 9.82. The zero-order valence-corrected chi connectivity index (χ0v) is 14.8. The fraction of sp³-hybridized carbons (Fsp3) is 1.00. The van der Waals surface area contributed by atoms with Crippen molar-refractivity contribution in [1.29, 1.82) is 0 Å². The van der Waals surface area contributed by atoms with Crippen LogP contribution in [-0.2, 0) is 0 Å². The predicted octanol–water partition coefficient (Wildman–Crippen LogP) is 4.98. The van der Waals surface area contributed by atoms with Gasteiger partial charge in [0.15, 0.2) is 0 Å². The van der Waals surface area contributed by atoms with Gasteiger partial charge in [-0.25, -0.2) is 0 Å². The molecule has 0 aliphatic carbocycles. The van der Waals surface area contributed by atoms with Gasteiger partial charge in [0.2, 0.25) is 0 Å². The van der Waals surface area contributed by atoms with Crippen LogP contribution < -0.4 is 5.32 Å². The maximum absolute atomic E-state index is 3.61. The monoisotopic (exact) mass is 296 g/mol. The number of nitrogens with zero attached hydrogens (tertiary/aromatic N) is 1. The molecular formula is C19H40N2. The minimum absolute atomic E-state index is 0.756. The van der Waals surface area contributed by atoms with Gasteiger partial charge in [-0.05, 0) is 38.9 Å². The van der Waals surface area contributed by atoms with Crippen LogP contribution in [0.4, 0.5) is 0 Å². The molecule has 2 nitrogen and oxygen atoms in total. The quantitative estimate of drug-likeness (QED) is 0.482. The summed E-state index contributed by atoms with van der Waals surface area (Å²) < 4.78 is 0. The van der Waals surface area contributed by atoms with E-state index < -0.39 is 0 Å². The highest BCUT2D eigenvalue weighted by Gasteiger charge is 2.17. The van der Waals surface area contributed by atoms with Crippen molar-refractivity contribution in [1.82, 2.24) is 10.2 Å². The van der Waals surface area contributed by atoms with Crippen LogP contribution >= 0.6 is 0 Å². The Labute approximate surface area is 134 Å². The van der Waals surface area contributed by atoms with Crippen LogP contribution in [0.1, 0.15) is 90.9 Å². The van der Waals surface area contributed by atoms with Gasteiger partial charge in [0, 0.05) is 12.6 Å². The van der Waals surface area contributed by atoms with Gasteiger partial charge in [-0.3, -0.25) is 0 Å². The Morgan fingerprint density at radius 1 is 0.857 bits per heavy atom. The summed E-state index contributed by atoms with van der Waals surface area (Å²) in [7, 11) is 0. The molecule has 1 rings (SSSR count). The van der Waals surface area contributed by atoms with Crippen LogP contribution in [0.5, 0.6) is 0 Å². The number of hydrogen-bond donors (Lipinski definition) is 1. The van der Waals surface area contributed by atoms with E-state index in [2.05, 4.69) is 24.1 Å². The average molecular weight is 297 g/mol. The lowest BCUT2D eigenvalue weighted by Gasteiger charge is -2.33. The van der Waals surface area contributed by atoms with Crippen molar-refractivity contribution in [2.24, 2.45) is 0 Å². The van der Waals surface area contributed by atoms with E-state index in [1.165, 1.54) is 96.7 Å². The Kier molecular flexibility index (Phi) is 12.3. The molecule has 0 bridgehead atoms. The molecule has 1 N–H and O–H groups in total. The van der Waals surface area contributed by atoms with Crippen LogP contribution in [0.2, 0.25) is 0 Å². The third-order valence-electron chi connectivity index (χ3n) is 4.83. The maximum Gasteiger partial charge on any atom is 0.0195 e. The molecular weight excluding hydrogens is 256 g/mol. The number of hydrogen-bond acceptors (Lipinski definition) is 2. The molecule has 0 aromatic carbocycles. The van der Waals surface area contributed by atoms with Crippen molar-refractivity contribution in [2.45, 2.75) is 96.9 Å². The van der Waals surface area contributed by atoms with Gasteiger partial charge >= 0.3 is 0 Å². The normalized spacial score (nSPS) is 20.0. The molecule has 2 heteroatoms. The second-order valence-corrected chi connectivity index (χ2v) is 6.88. The second kappa shape index (κ2) is 13.6. The molecule has 1 atom stereocenters. The van der Waals surface area contributed by atoms with Crippen molar-refractivity contribution < 1.29 is 0 Å². The Hall–Kier alpha value is -0.0800. The number of piperidine rings is 1. The Balaban J connectivity index is 1.85. The fourth-order valence-electron chi connectivity index (χ4n) is 3.54. The second-order valence-electron chi connectivity index (χ2n) is 6.88. The largest absolute Gasteiger partial charge is 0.313 e. The van der Waals surface area contributed by atoms with Crippen LogP contribution in [-0.4, -0.2) is 37.1 Å². The lowest BCUT2D eigenvalue weighted by atomic mass is 10.0. The van der Waals surface area contributed by atoms with E-state index in [1.807, 2.05) is 0 Å². The highest BCUT2D eigenvalue weighted by molar-refractivity contribution is 4.77. The van der Waals surface area contributed by atoms with Gasteiger partial charge < -0.3 is 10.2 Å². The third-order valence-corrected chi connectivity index (χ3v) is 4.83. The lowest BCUT2D eigenvalue weighted by molar-refractivity contribution is 0.188. The molecule has 0 saturated carbocycles. The number of likely N-dealkylation sites (tertiary alicyclic amines) is 1. The number of unbranched alkanes of at least 4 members (excludes halogenated alkanes) is 9. The molecule has 1 fully saturated rings. The highest BCUT2D eigenvalue weighted by atomic mass is 15.2. The van der Waals surface area contributed by atoms with Crippen molar-refractivity contribution in [2.75, 3.05) is 26.2 Å². The predicted molar refractivity (Wildman–Crippen MR) is 95.0 cm³/mol. The molecule has 0 spiro atoms. The minimum atomic E-state index is 0.756. The molecule has 1 unspecified atom stereocenters. The summed E-state index contributed by atoms with van der Waals surface area (Å²) in [6, 6.07) is 0.756. The molecule has 21 heavy (non-hydrogen) atoms. The Bertz CT molecular complexity index is 216. The van der Waals surface area contributed by atoms with Crippen molar-refractivity contribution in [3.63, 3.8) is 0 Å². The zero-order chi connectivity index (χ0) is 15.2. The zero-order valence-electron chi connectivity index (χ0n) is 14.8. The number of rotatable bonds is 13. The molecule has 126 valence electrons. The minimum Gasteiger partial charge on any atom is -0.313 e. The highest BCUT2D eigenvalue weighted by Crippen LogP contribution is 2.13. The Morgan fingerprint density at radius 3 is 2.10 bits per heavy atom. The smallest absolute Gasteiger partial charge is 0.0195 e. The van der Waals surface area contributed by atoms with Gasteiger partial charge in [0.1, 0.15) is 0 Å². The summed E-state index contributed by atoms with van der Waals surface area (Å²) in [6.07, 6.45) is 17.2. The first-order chi connectivity index (χ1) is 10.4. The molecule has 1 heterocycles. The van der Waals surface area contributed by atoms with Gasteiger partial charge in [0.25, 0.3) is 0 Å². The number of likely N-dealkylation sites (N-methyl/N-ethyl adjacent to an activating group) is 1. The van der Waals surface area contributed by atoms with Crippen molar-refractivity contribution in [3.8, 4) is 0 Å². The first kappa shape index (κ1) is 19.0. The topological polar surface area (TPSA) is 15.3 Å². The third kappa shape index (κ3) is 10.3. The van der Waals surface area contributed by atoms with E-state index in [4.69, 9.17) is 0 Å². The van der Waals surface area contributed by atoms with Crippen LogP contribution in [0.25, 0.3) is 0 Å². The van der Waals surface area contributed by atoms with Gasteiger partial charge in [0.05, 0.1) is 0 Å². The summed E-state index contributed by atoms with van der Waals surface area (Å²) in [5.41, 5.74) is 0. The molecule has 0 radical (unpaired) electrons. The van der Waals surface area contributed by atoms with Gasteiger partial charge in [-0.15, -0.1) is 0 Å². The van der Waals surface area contributed by atoms with Gasteiger partial charge in [-0.1, -0.05) is 71.6 Å². The van der Waals surface area contributed by atoms with E-state index in [0.29, 0.717) is 0 Å². The maximum atomic E-state index is 3.61.